The van der Waals surface area contributed by atoms with Crippen LogP contribution >= 0.6 is 27.3 Å². The highest BCUT2D eigenvalue weighted by Crippen LogP contribution is 2.33. The predicted molar refractivity (Wildman–Crippen MR) is 70.8 cm³/mol. The monoisotopic (exact) mass is 315 g/mol. The summed E-state index contributed by atoms with van der Waals surface area (Å²) in [5, 5.41) is 0.790. The Labute approximate surface area is 110 Å². The molecule has 0 spiro atoms. The van der Waals surface area contributed by atoms with Crippen molar-refractivity contribution in [2.75, 3.05) is 7.11 Å². The molecule has 4 nitrogen and oxygen atoms in total. The molecule has 6 heteroatoms. The third-order valence-electron chi connectivity index (χ3n) is 2.58. The molecule has 0 radical (unpaired) electrons. The maximum Gasteiger partial charge on any atom is 0.348 e. The summed E-state index contributed by atoms with van der Waals surface area (Å²) in [6, 6.07) is 0. The molecule has 0 saturated carbocycles. The Morgan fingerprint density at radius 2 is 2.18 bits per heavy atom. The van der Waals surface area contributed by atoms with E-state index in [0.717, 1.165) is 15.4 Å². The van der Waals surface area contributed by atoms with E-state index in [-0.39, 0.29) is 5.56 Å². The van der Waals surface area contributed by atoms with Gasteiger partial charge in [0.1, 0.15) is 9.58 Å². The number of fused-ring (bicyclic) bond motifs is 1. The van der Waals surface area contributed by atoms with Crippen LogP contribution in [0.5, 0.6) is 0 Å². The molecule has 2 rings (SSSR count). The van der Waals surface area contributed by atoms with E-state index in [9.17, 15) is 9.59 Å². The van der Waals surface area contributed by atoms with Crippen molar-refractivity contribution in [3.05, 3.63) is 31.5 Å². The normalized spacial score (nSPS) is 10.8. The third kappa shape index (κ3) is 1.81. The van der Waals surface area contributed by atoms with Gasteiger partial charge in [-0.25, -0.2) is 4.79 Å². The summed E-state index contributed by atoms with van der Waals surface area (Å²) in [5.74, 6) is -0.405. The number of aryl methyl sites for hydroxylation is 2. The number of esters is 1. The van der Waals surface area contributed by atoms with E-state index in [1.807, 2.05) is 6.92 Å². The second-order valence-corrected chi connectivity index (χ2v) is 5.52. The van der Waals surface area contributed by atoms with E-state index < -0.39 is 5.97 Å². The number of rotatable bonds is 1. The number of pyridine rings is 1. The largest absolute Gasteiger partial charge is 0.465 e. The minimum absolute atomic E-state index is 0.105. The van der Waals surface area contributed by atoms with Crippen molar-refractivity contribution in [1.82, 2.24) is 4.57 Å². The maximum absolute atomic E-state index is 12.0. The van der Waals surface area contributed by atoms with Crippen LogP contribution in [0.15, 0.2) is 15.5 Å². The second-order valence-electron chi connectivity index (χ2n) is 3.64. The van der Waals surface area contributed by atoms with Crippen LogP contribution in [0.25, 0.3) is 10.1 Å². The van der Waals surface area contributed by atoms with Gasteiger partial charge in [-0.2, -0.15) is 0 Å². The van der Waals surface area contributed by atoms with Crippen molar-refractivity contribution in [1.29, 1.82) is 0 Å². The maximum atomic E-state index is 12.0. The van der Waals surface area contributed by atoms with Gasteiger partial charge in [-0.1, -0.05) is 0 Å². The lowest BCUT2D eigenvalue weighted by molar-refractivity contribution is 0.0605. The van der Waals surface area contributed by atoms with Crippen LogP contribution in [0.3, 0.4) is 0 Å². The molecule has 0 aliphatic heterocycles. The standard InChI is InChI=1S/C11H10BrNO3S/c1-5-7-6(12)4-13(2)10(14)9(7)17-8(5)11(15)16-3/h4H,1-3H3. The first-order valence-corrected chi connectivity index (χ1v) is 6.45. The van der Waals surface area contributed by atoms with Gasteiger partial charge < -0.3 is 9.30 Å². The SMILES string of the molecule is COC(=O)c1sc2c(=O)n(C)cc(Br)c2c1C. The molecule has 90 valence electrons. The number of hydrogen-bond donors (Lipinski definition) is 0. The number of ether oxygens (including phenoxy) is 1. The number of nitrogens with zero attached hydrogens (tertiary/aromatic N) is 1. The number of methoxy groups -OCH3 is 1. The van der Waals surface area contributed by atoms with Crippen LogP contribution in [0.4, 0.5) is 0 Å². The Kier molecular flexibility index (Phi) is 3.09. The van der Waals surface area contributed by atoms with Crippen LogP contribution in [0, 0.1) is 6.92 Å². The average Bonchev–Trinajstić information content (AvgIpc) is 2.64. The van der Waals surface area contributed by atoms with Gasteiger partial charge >= 0.3 is 5.97 Å². The summed E-state index contributed by atoms with van der Waals surface area (Å²) in [6.45, 7) is 1.81. The van der Waals surface area contributed by atoms with Crippen molar-refractivity contribution in [2.45, 2.75) is 6.92 Å². The number of hydrogen-bond acceptors (Lipinski definition) is 4. The van der Waals surface area contributed by atoms with E-state index in [1.54, 1.807) is 13.2 Å². The van der Waals surface area contributed by atoms with Crippen molar-refractivity contribution < 1.29 is 9.53 Å². The van der Waals surface area contributed by atoms with Gasteiger partial charge in [0.25, 0.3) is 5.56 Å². The Morgan fingerprint density at radius 1 is 1.53 bits per heavy atom. The van der Waals surface area contributed by atoms with E-state index in [2.05, 4.69) is 15.9 Å². The molecule has 2 heterocycles. The van der Waals surface area contributed by atoms with Crippen LogP contribution in [-0.2, 0) is 11.8 Å². The Morgan fingerprint density at radius 3 is 2.76 bits per heavy atom. The molecule has 0 aliphatic rings. The molecule has 0 bridgehead atoms. The minimum atomic E-state index is -0.405. The van der Waals surface area contributed by atoms with Crippen LogP contribution in [-0.4, -0.2) is 17.6 Å². The molecule has 0 amide bonds. The van der Waals surface area contributed by atoms with E-state index in [1.165, 1.54) is 23.0 Å². The highest BCUT2D eigenvalue weighted by Gasteiger charge is 2.20. The molecule has 0 fully saturated rings. The van der Waals surface area contributed by atoms with Crippen molar-refractivity contribution >= 4 is 43.3 Å². The van der Waals surface area contributed by atoms with Crippen molar-refractivity contribution in [3.8, 4) is 0 Å². The second kappa shape index (κ2) is 4.27. The highest BCUT2D eigenvalue weighted by molar-refractivity contribution is 9.10. The quantitative estimate of drug-likeness (QED) is 0.759. The zero-order chi connectivity index (χ0) is 12.7. The van der Waals surface area contributed by atoms with Crippen molar-refractivity contribution in [3.63, 3.8) is 0 Å². The number of aromatic nitrogens is 1. The molecule has 0 aliphatic carbocycles. The molecule has 17 heavy (non-hydrogen) atoms. The summed E-state index contributed by atoms with van der Waals surface area (Å²) < 4.78 is 7.57. The Hall–Kier alpha value is -1.14. The van der Waals surface area contributed by atoms with Gasteiger partial charge in [0, 0.05) is 23.1 Å². The fourth-order valence-corrected chi connectivity index (χ4v) is 3.85. The van der Waals surface area contributed by atoms with Gasteiger partial charge in [0.15, 0.2) is 0 Å². The first-order valence-electron chi connectivity index (χ1n) is 4.84. The first-order chi connectivity index (χ1) is 7.97. The van der Waals surface area contributed by atoms with Gasteiger partial charge in [-0.3, -0.25) is 4.79 Å². The predicted octanol–water partition coefficient (Wildman–Crippen LogP) is 2.46. The minimum Gasteiger partial charge on any atom is -0.465 e. The van der Waals surface area contributed by atoms with Crippen LogP contribution < -0.4 is 5.56 Å². The summed E-state index contributed by atoms with van der Waals surface area (Å²) in [4.78, 5) is 24.0. The fourth-order valence-electron chi connectivity index (χ4n) is 1.69. The van der Waals surface area contributed by atoms with Gasteiger partial charge in [-0.05, 0) is 28.4 Å². The Balaban J connectivity index is 2.92. The summed E-state index contributed by atoms with van der Waals surface area (Å²) in [6.07, 6.45) is 1.70. The topological polar surface area (TPSA) is 48.3 Å². The fraction of sp³-hybridized carbons (Fsp3) is 0.273. The smallest absolute Gasteiger partial charge is 0.348 e. The van der Waals surface area contributed by atoms with Crippen LogP contribution in [0.2, 0.25) is 0 Å². The zero-order valence-electron chi connectivity index (χ0n) is 9.54. The van der Waals surface area contributed by atoms with Gasteiger partial charge in [0.2, 0.25) is 0 Å². The molecule has 2 aromatic heterocycles. The lowest BCUT2D eigenvalue weighted by Gasteiger charge is -2.00. The van der Waals surface area contributed by atoms with E-state index in [0.29, 0.717) is 9.58 Å². The molecule has 2 aromatic rings. The number of carbonyl (C=O) groups excluding carboxylic acids is 1. The summed E-state index contributed by atoms with van der Waals surface area (Å²) in [7, 11) is 3.01. The summed E-state index contributed by atoms with van der Waals surface area (Å²) in [5.41, 5.74) is 0.674. The zero-order valence-corrected chi connectivity index (χ0v) is 11.9. The molecule has 0 atom stereocenters. The van der Waals surface area contributed by atoms with Crippen LogP contribution in [0.1, 0.15) is 15.2 Å². The molecule has 0 N–H and O–H groups in total. The highest BCUT2D eigenvalue weighted by atomic mass is 79.9. The van der Waals surface area contributed by atoms with Crippen molar-refractivity contribution in [2.24, 2.45) is 7.05 Å². The molecular formula is C11H10BrNO3S. The average molecular weight is 316 g/mol. The number of carbonyl (C=O) groups is 1. The third-order valence-corrected chi connectivity index (χ3v) is 4.44. The number of halogens is 1. The number of thiophene rings is 1. The summed E-state index contributed by atoms with van der Waals surface area (Å²) >= 11 is 4.59. The Bertz CT molecular complexity index is 671. The molecule has 0 unspecified atom stereocenters. The van der Waals surface area contributed by atoms with E-state index in [4.69, 9.17) is 4.74 Å². The van der Waals surface area contributed by atoms with E-state index >= 15 is 0 Å². The first kappa shape index (κ1) is 12.3. The van der Waals surface area contributed by atoms with Gasteiger partial charge in [-0.15, -0.1) is 11.3 Å². The lowest BCUT2D eigenvalue weighted by Crippen LogP contribution is -2.14. The lowest BCUT2D eigenvalue weighted by atomic mass is 10.2. The molecule has 0 saturated heterocycles. The van der Waals surface area contributed by atoms with Gasteiger partial charge in [0.05, 0.1) is 7.11 Å². The molecular weight excluding hydrogens is 306 g/mol. The molecule has 0 aromatic carbocycles.